The van der Waals surface area contributed by atoms with Crippen molar-refractivity contribution >= 4 is 11.6 Å². The van der Waals surface area contributed by atoms with Gasteiger partial charge in [-0.2, -0.15) is 0 Å². The fraction of sp³-hybridized carbons (Fsp3) is 0.409. The van der Waals surface area contributed by atoms with Crippen LogP contribution in [0.4, 0.5) is 5.69 Å². The van der Waals surface area contributed by atoms with Gasteiger partial charge in [-0.25, -0.2) is 0 Å². The number of hydrogen-bond donors (Lipinski definition) is 0. The second-order valence-electron chi connectivity index (χ2n) is 7.44. The van der Waals surface area contributed by atoms with E-state index in [1.165, 1.54) is 22.4 Å². The highest BCUT2D eigenvalue weighted by Crippen LogP contribution is 2.20. The van der Waals surface area contributed by atoms with E-state index in [0.717, 1.165) is 45.7 Å². The van der Waals surface area contributed by atoms with E-state index in [0.29, 0.717) is 6.54 Å². The highest BCUT2D eigenvalue weighted by molar-refractivity contribution is 5.78. The van der Waals surface area contributed by atoms with Crippen LogP contribution in [0.25, 0.3) is 0 Å². The third-order valence-corrected chi connectivity index (χ3v) is 5.57. The van der Waals surface area contributed by atoms with Crippen LogP contribution < -0.4 is 4.90 Å². The Kier molecular flexibility index (Phi) is 4.93. The van der Waals surface area contributed by atoms with Gasteiger partial charge in [0.2, 0.25) is 5.91 Å². The summed E-state index contributed by atoms with van der Waals surface area (Å²) in [4.78, 5) is 19.4. The lowest BCUT2D eigenvalue weighted by molar-refractivity contribution is -0.132. The quantitative estimate of drug-likeness (QED) is 0.852. The van der Waals surface area contributed by atoms with Crippen molar-refractivity contribution < 1.29 is 4.79 Å². The number of rotatable bonds is 3. The van der Waals surface area contributed by atoms with E-state index in [9.17, 15) is 4.79 Å². The van der Waals surface area contributed by atoms with Crippen molar-refractivity contribution in [3.63, 3.8) is 0 Å². The van der Waals surface area contributed by atoms with Gasteiger partial charge in [0.25, 0.3) is 0 Å². The molecule has 2 heterocycles. The van der Waals surface area contributed by atoms with Crippen LogP contribution in [0.15, 0.2) is 48.5 Å². The zero-order valence-corrected chi connectivity index (χ0v) is 15.5. The van der Waals surface area contributed by atoms with Crippen LogP contribution in [-0.4, -0.2) is 55.0 Å². The Hall–Kier alpha value is -2.33. The summed E-state index contributed by atoms with van der Waals surface area (Å²) in [6, 6.07) is 17.2. The van der Waals surface area contributed by atoms with Crippen LogP contribution in [0, 0.1) is 6.92 Å². The van der Waals surface area contributed by atoms with Crippen molar-refractivity contribution in [2.24, 2.45) is 0 Å². The lowest BCUT2D eigenvalue weighted by Gasteiger charge is -2.37. The maximum absolute atomic E-state index is 12.7. The third-order valence-electron chi connectivity index (χ3n) is 5.57. The molecular weight excluding hydrogens is 322 g/mol. The van der Waals surface area contributed by atoms with Gasteiger partial charge in [-0.1, -0.05) is 36.4 Å². The number of hydrogen-bond acceptors (Lipinski definition) is 3. The molecule has 26 heavy (non-hydrogen) atoms. The van der Waals surface area contributed by atoms with Gasteiger partial charge < -0.3 is 9.80 Å². The van der Waals surface area contributed by atoms with Crippen LogP contribution in [0.3, 0.4) is 0 Å². The zero-order chi connectivity index (χ0) is 17.9. The molecule has 1 saturated heterocycles. The molecule has 0 spiro atoms. The van der Waals surface area contributed by atoms with Crippen molar-refractivity contribution in [1.82, 2.24) is 9.80 Å². The summed E-state index contributed by atoms with van der Waals surface area (Å²) in [5.74, 6) is 0.272. The maximum atomic E-state index is 12.7. The predicted octanol–water partition coefficient (Wildman–Crippen LogP) is 2.70. The van der Waals surface area contributed by atoms with E-state index in [1.807, 2.05) is 4.90 Å². The number of amides is 1. The zero-order valence-electron chi connectivity index (χ0n) is 15.5. The van der Waals surface area contributed by atoms with E-state index < -0.39 is 0 Å². The van der Waals surface area contributed by atoms with Gasteiger partial charge in [0.15, 0.2) is 0 Å². The van der Waals surface area contributed by atoms with Gasteiger partial charge >= 0.3 is 0 Å². The van der Waals surface area contributed by atoms with Crippen LogP contribution in [0.1, 0.15) is 16.7 Å². The normalized spacial score (nSPS) is 17.9. The summed E-state index contributed by atoms with van der Waals surface area (Å²) in [6.45, 7) is 8.00. The molecule has 0 N–H and O–H groups in total. The Morgan fingerprint density at radius 3 is 2.46 bits per heavy atom. The first kappa shape index (κ1) is 17.1. The molecular formula is C22H27N3O. The monoisotopic (exact) mass is 349 g/mol. The molecule has 2 aromatic carbocycles. The minimum atomic E-state index is 0.272. The molecule has 136 valence electrons. The van der Waals surface area contributed by atoms with Crippen LogP contribution >= 0.6 is 0 Å². The molecule has 0 unspecified atom stereocenters. The second-order valence-corrected chi connectivity index (χ2v) is 7.44. The Bertz CT molecular complexity index is 780. The van der Waals surface area contributed by atoms with E-state index >= 15 is 0 Å². The molecule has 2 aliphatic rings. The minimum absolute atomic E-state index is 0.272. The van der Waals surface area contributed by atoms with Crippen LogP contribution in [0.2, 0.25) is 0 Å². The number of piperazine rings is 1. The summed E-state index contributed by atoms with van der Waals surface area (Å²) in [7, 11) is 0. The van der Waals surface area contributed by atoms with Crippen molar-refractivity contribution in [1.29, 1.82) is 0 Å². The maximum Gasteiger partial charge on any atom is 0.236 e. The molecule has 2 aliphatic heterocycles. The molecule has 0 saturated carbocycles. The highest BCUT2D eigenvalue weighted by atomic mass is 16.2. The van der Waals surface area contributed by atoms with E-state index in [-0.39, 0.29) is 5.91 Å². The number of benzene rings is 2. The summed E-state index contributed by atoms with van der Waals surface area (Å²) in [6.07, 6.45) is 1.05. The van der Waals surface area contributed by atoms with Gasteiger partial charge in [0, 0.05) is 45.0 Å². The topological polar surface area (TPSA) is 26.8 Å². The lowest BCUT2D eigenvalue weighted by atomic mass is 10.00. The van der Waals surface area contributed by atoms with Crippen LogP contribution in [-0.2, 0) is 17.8 Å². The van der Waals surface area contributed by atoms with Gasteiger partial charge in [0.1, 0.15) is 0 Å². The summed E-state index contributed by atoms with van der Waals surface area (Å²) in [5.41, 5.74) is 5.36. The van der Waals surface area contributed by atoms with E-state index in [1.54, 1.807) is 0 Å². The second kappa shape index (κ2) is 7.50. The van der Waals surface area contributed by atoms with E-state index in [2.05, 4.69) is 65.3 Å². The summed E-state index contributed by atoms with van der Waals surface area (Å²) >= 11 is 0. The average molecular weight is 349 g/mol. The fourth-order valence-corrected chi connectivity index (χ4v) is 4.02. The lowest BCUT2D eigenvalue weighted by Crippen LogP contribution is -2.51. The smallest absolute Gasteiger partial charge is 0.236 e. The molecule has 1 fully saturated rings. The van der Waals surface area contributed by atoms with Gasteiger partial charge in [-0.05, 0) is 42.2 Å². The third kappa shape index (κ3) is 3.75. The van der Waals surface area contributed by atoms with Crippen molar-refractivity contribution in [2.75, 3.05) is 44.2 Å². The van der Waals surface area contributed by atoms with Crippen molar-refractivity contribution in [3.8, 4) is 0 Å². The Morgan fingerprint density at radius 1 is 0.923 bits per heavy atom. The largest absolute Gasteiger partial charge is 0.368 e. The molecule has 4 heteroatoms. The SMILES string of the molecule is Cc1cccc(N2CCN(C(=O)CN3CCc4ccccc4C3)CC2)c1. The molecule has 0 atom stereocenters. The molecule has 1 amide bonds. The minimum Gasteiger partial charge on any atom is -0.368 e. The molecule has 0 aliphatic carbocycles. The number of fused-ring (bicyclic) bond motifs is 1. The molecule has 4 rings (SSSR count). The van der Waals surface area contributed by atoms with Crippen molar-refractivity contribution in [2.45, 2.75) is 19.9 Å². The Labute approximate surface area is 156 Å². The Morgan fingerprint density at radius 2 is 1.69 bits per heavy atom. The van der Waals surface area contributed by atoms with Crippen molar-refractivity contribution in [3.05, 3.63) is 65.2 Å². The van der Waals surface area contributed by atoms with Gasteiger partial charge in [-0.15, -0.1) is 0 Å². The average Bonchev–Trinajstić information content (AvgIpc) is 2.68. The number of aryl methyl sites for hydroxylation is 1. The molecule has 2 aromatic rings. The fourth-order valence-electron chi connectivity index (χ4n) is 4.02. The van der Waals surface area contributed by atoms with E-state index in [4.69, 9.17) is 0 Å². The highest BCUT2D eigenvalue weighted by Gasteiger charge is 2.24. The Balaban J connectivity index is 1.30. The summed E-state index contributed by atoms with van der Waals surface area (Å²) in [5, 5.41) is 0. The molecule has 0 radical (unpaired) electrons. The number of carbonyl (C=O) groups excluding carboxylic acids is 1. The molecule has 0 aromatic heterocycles. The molecule has 4 nitrogen and oxygen atoms in total. The molecule has 0 bridgehead atoms. The predicted molar refractivity (Wildman–Crippen MR) is 105 cm³/mol. The summed E-state index contributed by atoms with van der Waals surface area (Å²) < 4.78 is 0. The van der Waals surface area contributed by atoms with Gasteiger partial charge in [-0.3, -0.25) is 9.69 Å². The number of nitrogens with zero attached hydrogens (tertiary/aromatic N) is 3. The number of carbonyl (C=O) groups is 1. The van der Waals surface area contributed by atoms with Crippen LogP contribution in [0.5, 0.6) is 0 Å². The first-order valence-corrected chi connectivity index (χ1v) is 9.57. The number of anilines is 1. The first-order chi connectivity index (χ1) is 12.7. The first-order valence-electron chi connectivity index (χ1n) is 9.57. The standard InChI is InChI=1S/C22H27N3O/c1-18-5-4-8-21(15-18)24-11-13-25(14-12-24)22(26)17-23-10-9-19-6-2-3-7-20(19)16-23/h2-8,15H,9-14,16-17H2,1H3. The van der Waals surface area contributed by atoms with Gasteiger partial charge in [0.05, 0.1) is 6.54 Å².